The molecule has 0 unspecified atom stereocenters. The van der Waals surface area contributed by atoms with Gasteiger partial charge in [-0.1, -0.05) is 0 Å². The largest absolute Gasteiger partial charge is 0.455 e. The van der Waals surface area contributed by atoms with E-state index in [0.29, 0.717) is 0 Å². The van der Waals surface area contributed by atoms with Crippen LogP contribution in [0.2, 0.25) is 0 Å². The highest BCUT2D eigenvalue weighted by Crippen LogP contribution is 2.38. The molecule has 3 rings (SSSR count). The number of hydrogen-bond donors (Lipinski definition) is 0. The first kappa shape index (κ1) is 17.0. The molecular weight excluding hydrogens is 350 g/mol. The molecule has 0 saturated heterocycles. The Bertz CT molecular complexity index is 971. The molecule has 3 nitrogen and oxygen atoms in total. The fourth-order valence-corrected chi connectivity index (χ4v) is 2.59. The maximum atomic E-state index is 13.2. The van der Waals surface area contributed by atoms with Gasteiger partial charge in [0, 0.05) is 17.1 Å². The van der Waals surface area contributed by atoms with Gasteiger partial charge in [0.2, 0.25) is 5.76 Å². The van der Waals surface area contributed by atoms with Crippen LogP contribution in [-0.2, 0) is 18.9 Å². The van der Waals surface area contributed by atoms with E-state index < -0.39 is 29.2 Å². The SMILES string of the molecule is N#Cc1ccc2c(ccn2Cc2ccc(C(F)(F)F)o2)c1C(F)(F)F. The van der Waals surface area contributed by atoms with Crippen molar-refractivity contribution >= 4 is 10.9 Å². The third-order valence-corrected chi connectivity index (χ3v) is 3.62. The molecule has 3 aromatic rings. The molecule has 130 valence electrons. The van der Waals surface area contributed by atoms with Crippen molar-refractivity contribution in [3.8, 4) is 6.07 Å². The van der Waals surface area contributed by atoms with Gasteiger partial charge in [0.1, 0.15) is 5.76 Å². The highest BCUT2D eigenvalue weighted by molar-refractivity contribution is 5.86. The Kier molecular flexibility index (Phi) is 3.78. The lowest BCUT2D eigenvalue weighted by molar-refractivity contribution is -0.153. The van der Waals surface area contributed by atoms with Gasteiger partial charge < -0.3 is 8.98 Å². The van der Waals surface area contributed by atoms with Crippen molar-refractivity contribution in [1.29, 1.82) is 5.26 Å². The van der Waals surface area contributed by atoms with Crippen LogP contribution in [0.15, 0.2) is 40.9 Å². The van der Waals surface area contributed by atoms with Crippen molar-refractivity contribution < 1.29 is 30.8 Å². The molecule has 0 aliphatic carbocycles. The first-order valence-electron chi connectivity index (χ1n) is 6.86. The number of nitriles is 1. The molecule has 0 bridgehead atoms. The van der Waals surface area contributed by atoms with Crippen LogP contribution in [0.4, 0.5) is 26.3 Å². The van der Waals surface area contributed by atoms with Gasteiger partial charge >= 0.3 is 12.4 Å². The van der Waals surface area contributed by atoms with Gasteiger partial charge in [-0.3, -0.25) is 0 Å². The molecule has 0 amide bonds. The molecule has 25 heavy (non-hydrogen) atoms. The number of rotatable bonds is 2. The van der Waals surface area contributed by atoms with E-state index >= 15 is 0 Å². The van der Waals surface area contributed by atoms with Crippen LogP contribution in [-0.4, -0.2) is 4.57 Å². The van der Waals surface area contributed by atoms with Crippen molar-refractivity contribution in [3.63, 3.8) is 0 Å². The van der Waals surface area contributed by atoms with Crippen molar-refractivity contribution in [2.45, 2.75) is 18.9 Å². The van der Waals surface area contributed by atoms with E-state index in [1.807, 2.05) is 0 Å². The summed E-state index contributed by atoms with van der Waals surface area (Å²) in [5, 5.41) is 8.68. The quantitative estimate of drug-likeness (QED) is 0.592. The van der Waals surface area contributed by atoms with Gasteiger partial charge in [0.05, 0.1) is 23.7 Å². The van der Waals surface area contributed by atoms with Gasteiger partial charge in [-0.05, 0) is 30.3 Å². The normalized spacial score (nSPS) is 12.5. The maximum absolute atomic E-state index is 13.2. The molecule has 0 aliphatic rings. The number of nitrogens with zero attached hydrogens (tertiary/aromatic N) is 2. The van der Waals surface area contributed by atoms with Crippen molar-refractivity contribution in [1.82, 2.24) is 4.57 Å². The minimum absolute atomic E-state index is 0.0530. The number of fused-ring (bicyclic) bond motifs is 1. The molecular formula is C16H8F6N2O. The highest BCUT2D eigenvalue weighted by atomic mass is 19.4. The molecule has 9 heteroatoms. The highest BCUT2D eigenvalue weighted by Gasteiger charge is 2.36. The topological polar surface area (TPSA) is 41.9 Å². The Morgan fingerprint density at radius 1 is 0.960 bits per heavy atom. The summed E-state index contributed by atoms with van der Waals surface area (Å²) >= 11 is 0. The zero-order valence-corrected chi connectivity index (χ0v) is 12.2. The second-order valence-electron chi connectivity index (χ2n) is 5.24. The molecule has 1 aromatic carbocycles. The predicted molar refractivity (Wildman–Crippen MR) is 74.5 cm³/mol. The average Bonchev–Trinajstić information content (AvgIpc) is 3.12. The lowest BCUT2D eigenvalue weighted by Crippen LogP contribution is -2.09. The van der Waals surface area contributed by atoms with Crippen LogP contribution in [0.1, 0.15) is 22.6 Å². The van der Waals surface area contributed by atoms with Gasteiger partial charge in [-0.25, -0.2) is 0 Å². The van der Waals surface area contributed by atoms with E-state index in [-0.39, 0.29) is 23.2 Å². The number of aromatic nitrogens is 1. The van der Waals surface area contributed by atoms with Crippen LogP contribution in [0.5, 0.6) is 0 Å². The van der Waals surface area contributed by atoms with E-state index in [9.17, 15) is 26.3 Å². The first-order valence-corrected chi connectivity index (χ1v) is 6.86. The van der Waals surface area contributed by atoms with E-state index in [4.69, 9.17) is 9.68 Å². The Hall–Kier alpha value is -2.89. The third-order valence-electron chi connectivity index (χ3n) is 3.62. The Labute approximate surface area is 136 Å². The lowest BCUT2D eigenvalue weighted by Gasteiger charge is -2.11. The molecule has 0 saturated carbocycles. The Morgan fingerprint density at radius 3 is 2.24 bits per heavy atom. The fourth-order valence-electron chi connectivity index (χ4n) is 2.59. The first-order chi connectivity index (χ1) is 11.6. The lowest BCUT2D eigenvalue weighted by atomic mass is 10.0. The summed E-state index contributed by atoms with van der Waals surface area (Å²) in [6.45, 7) is -0.178. The van der Waals surface area contributed by atoms with Gasteiger partial charge in [0.15, 0.2) is 0 Å². The minimum atomic E-state index is -4.73. The summed E-state index contributed by atoms with van der Waals surface area (Å²) in [6, 6.07) is 6.90. The molecule has 2 aromatic heterocycles. The van der Waals surface area contributed by atoms with E-state index in [0.717, 1.165) is 18.2 Å². The second kappa shape index (κ2) is 5.58. The number of hydrogen-bond acceptors (Lipinski definition) is 2. The van der Waals surface area contributed by atoms with Gasteiger partial charge in [-0.2, -0.15) is 31.6 Å². The Morgan fingerprint density at radius 2 is 1.68 bits per heavy atom. The van der Waals surface area contributed by atoms with E-state index in [1.165, 1.54) is 29.0 Å². The number of halogens is 6. The number of furan rings is 1. The maximum Gasteiger partial charge on any atom is 0.449 e. The zero-order valence-electron chi connectivity index (χ0n) is 12.2. The molecule has 0 spiro atoms. The Balaban J connectivity index is 2.05. The molecule has 0 atom stereocenters. The molecule has 0 N–H and O–H groups in total. The van der Waals surface area contributed by atoms with Crippen LogP contribution >= 0.6 is 0 Å². The molecule has 0 fully saturated rings. The molecule has 0 radical (unpaired) electrons. The summed E-state index contributed by atoms with van der Waals surface area (Å²) in [6.07, 6.45) is -8.07. The van der Waals surface area contributed by atoms with E-state index in [2.05, 4.69) is 0 Å². The standard InChI is InChI=1S/C16H8F6N2O/c17-15(18,19)13-4-2-10(25-13)8-24-6-5-11-12(24)3-1-9(7-23)14(11)16(20,21)22/h1-6H,8H2. The van der Waals surface area contributed by atoms with Crippen LogP contribution in [0.25, 0.3) is 10.9 Å². The molecule has 0 aliphatic heterocycles. The predicted octanol–water partition coefficient (Wildman–Crippen LogP) is 5.19. The van der Waals surface area contributed by atoms with Crippen molar-refractivity contribution in [3.05, 3.63) is 59.2 Å². The second-order valence-corrected chi connectivity index (χ2v) is 5.24. The molecule has 2 heterocycles. The van der Waals surface area contributed by atoms with Gasteiger partial charge in [0.25, 0.3) is 0 Å². The fraction of sp³-hybridized carbons (Fsp3) is 0.188. The van der Waals surface area contributed by atoms with Crippen LogP contribution < -0.4 is 0 Å². The monoisotopic (exact) mass is 358 g/mol. The minimum Gasteiger partial charge on any atom is -0.455 e. The van der Waals surface area contributed by atoms with E-state index in [1.54, 1.807) is 0 Å². The van der Waals surface area contributed by atoms with Crippen molar-refractivity contribution in [2.24, 2.45) is 0 Å². The summed E-state index contributed by atoms with van der Waals surface area (Å²) in [5.41, 5.74) is -1.45. The summed E-state index contributed by atoms with van der Waals surface area (Å²) in [5.74, 6) is -1.23. The van der Waals surface area contributed by atoms with Crippen LogP contribution in [0.3, 0.4) is 0 Å². The number of benzene rings is 1. The van der Waals surface area contributed by atoms with Gasteiger partial charge in [-0.15, -0.1) is 0 Å². The summed E-state index contributed by atoms with van der Waals surface area (Å²) < 4.78 is 83.3. The number of alkyl halides is 6. The smallest absolute Gasteiger partial charge is 0.449 e. The zero-order chi connectivity index (χ0) is 18.4. The van der Waals surface area contributed by atoms with Crippen LogP contribution in [0, 0.1) is 11.3 Å². The summed E-state index contributed by atoms with van der Waals surface area (Å²) in [4.78, 5) is 0. The average molecular weight is 358 g/mol. The third kappa shape index (κ3) is 3.07. The summed E-state index contributed by atoms with van der Waals surface area (Å²) in [7, 11) is 0. The van der Waals surface area contributed by atoms with Crippen molar-refractivity contribution in [2.75, 3.05) is 0 Å².